The minimum Gasteiger partial charge on any atom is -0.491 e. The Morgan fingerprint density at radius 2 is 2.09 bits per heavy atom. The Morgan fingerprint density at radius 1 is 1.35 bits per heavy atom. The maximum absolute atomic E-state index is 12.2. The third-order valence-electron chi connectivity index (χ3n) is 3.78. The number of rotatable bonds is 7. The number of hydrogen-bond donors (Lipinski definition) is 2. The van der Waals surface area contributed by atoms with Crippen molar-refractivity contribution in [3.63, 3.8) is 0 Å². The Bertz CT molecular complexity index is 526. The lowest BCUT2D eigenvalue weighted by Gasteiger charge is -2.18. The van der Waals surface area contributed by atoms with Crippen molar-refractivity contribution in [2.24, 2.45) is 5.92 Å². The van der Waals surface area contributed by atoms with Crippen LogP contribution in [-0.4, -0.2) is 49.3 Å². The smallest absolute Gasteiger partial charge is 0.227 e. The standard InChI is InChI=1S/C18H26N2O3/c1-20(2)12-16(21)13-23-17-10-8-15(9-11-17)19-18(22)14-6-4-3-5-7-14/h3-4,8-11,14,16,21H,5-7,12-13H2,1-2H3,(H,19,22)/t14-,16-/m1/s1. The first kappa shape index (κ1) is 17.5. The Kier molecular flexibility index (Phi) is 6.62. The van der Waals surface area contributed by atoms with Gasteiger partial charge in [0.15, 0.2) is 0 Å². The number of carbonyl (C=O) groups is 1. The van der Waals surface area contributed by atoms with E-state index in [1.54, 1.807) is 12.1 Å². The zero-order chi connectivity index (χ0) is 16.7. The summed E-state index contributed by atoms with van der Waals surface area (Å²) in [6.45, 7) is 0.808. The van der Waals surface area contributed by atoms with Gasteiger partial charge in [-0.05, 0) is 57.6 Å². The third kappa shape index (κ3) is 6.04. The molecule has 0 heterocycles. The molecule has 2 rings (SSSR count). The molecule has 0 bridgehead atoms. The lowest BCUT2D eigenvalue weighted by molar-refractivity contribution is -0.120. The van der Waals surface area contributed by atoms with Crippen molar-refractivity contribution in [1.82, 2.24) is 4.90 Å². The average molecular weight is 318 g/mol. The van der Waals surface area contributed by atoms with Crippen LogP contribution in [0.25, 0.3) is 0 Å². The molecule has 5 nitrogen and oxygen atoms in total. The van der Waals surface area contributed by atoms with Crippen LogP contribution in [0.2, 0.25) is 0 Å². The third-order valence-corrected chi connectivity index (χ3v) is 3.78. The molecule has 0 aliphatic heterocycles. The van der Waals surface area contributed by atoms with Crippen molar-refractivity contribution >= 4 is 11.6 Å². The number of amides is 1. The van der Waals surface area contributed by atoms with Crippen molar-refractivity contribution in [2.45, 2.75) is 25.4 Å². The van der Waals surface area contributed by atoms with E-state index in [0.717, 1.165) is 24.9 Å². The average Bonchev–Trinajstić information content (AvgIpc) is 2.54. The summed E-state index contributed by atoms with van der Waals surface area (Å²) in [5, 5.41) is 12.7. The fourth-order valence-electron chi connectivity index (χ4n) is 2.58. The van der Waals surface area contributed by atoms with Crippen LogP contribution in [-0.2, 0) is 4.79 Å². The van der Waals surface area contributed by atoms with Gasteiger partial charge in [-0.3, -0.25) is 4.79 Å². The molecular formula is C18H26N2O3. The molecule has 1 aromatic rings. The van der Waals surface area contributed by atoms with Gasteiger partial charge < -0.3 is 20.1 Å². The molecule has 2 atom stereocenters. The molecule has 0 unspecified atom stereocenters. The largest absolute Gasteiger partial charge is 0.491 e. The second-order valence-electron chi connectivity index (χ2n) is 6.22. The van der Waals surface area contributed by atoms with Crippen LogP contribution < -0.4 is 10.1 Å². The van der Waals surface area contributed by atoms with Gasteiger partial charge in [0.1, 0.15) is 18.5 Å². The van der Waals surface area contributed by atoms with Crippen molar-refractivity contribution in [3.8, 4) is 5.75 Å². The van der Waals surface area contributed by atoms with Gasteiger partial charge in [-0.1, -0.05) is 12.2 Å². The molecule has 5 heteroatoms. The van der Waals surface area contributed by atoms with Crippen LogP contribution in [0.3, 0.4) is 0 Å². The number of likely N-dealkylation sites (N-methyl/N-ethyl adjacent to an activating group) is 1. The quantitative estimate of drug-likeness (QED) is 0.757. The van der Waals surface area contributed by atoms with Crippen LogP contribution in [0.15, 0.2) is 36.4 Å². The Morgan fingerprint density at radius 3 is 2.70 bits per heavy atom. The number of carbonyl (C=O) groups excluding carboxylic acids is 1. The van der Waals surface area contributed by atoms with Crippen LogP contribution >= 0.6 is 0 Å². The second kappa shape index (κ2) is 8.70. The van der Waals surface area contributed by atoms with E-state index in [4.69, 9.17) is 4.74 Å². The zero-order valence-electron chi connectivity index (χ0n) is 13.9. The molecule has 0 fully saturated rings. The Hall–Kier alpha value is -1.85. The van der Waals surface area contributed by atoms with Crippen LogP contribution in [0.5, 0.6) is 5.75 Å². The summed E-state index contributed by atoms with van der Waals surface area (Å²) in [7, 11) is 3.81. The van der Waals surface area contributed by atoms with E-state index in [-0.39, 0.29) is 18.4 Å². The minimum absolute atomic E-state index is 0.0668. The van der Waals surface area contributed by atoms with E-state index >= 15 is 0 Å². The molecule has 1 aromatic carbocycles. The first-order valence-corrected chi connectivity index (χ1v) is 8.06. The van der Waals surface area contributed by atoms with Gasteiger partial charge in [-0.25, -0.2) is 0 Å². The molecule has 1 aliphatic rings. The summed E-state index contributed by atoms with van der Waals surface area (Å²) in [5.41, 5.74) is 0.769. The Labute approximate surface area is 137 Å². The van der Waals surface area contributed by atoms with Gasteiger partial charge in [0.25, 0.3) is 0 Å². The second-order valence-corrected chi connectivity index (χ2v) is 6.22. The van der Waals surface area contributed by atoms with E-state index in [9.17, 15) is 9.90 Å². The summed E-state index contributed by atoms with van der Waals surface area (Å²) in [4.78, 5) is 14.1. The first-order valence-electron chi connectivity index (χ1n) is 8.06. The predicted molar refractivity (Wildman–Crippen MR) is 91.6 cm³/mol. The van der Waals surface area contributed by atoms with Crippen molar-refractivity contribution in [1.29, 1.82) is 0 Å². The minimum atomic E-state index is -0.524. The highest BCUT2D eigenvalue weighted by atomic mass is 16.5. The number of nitrogens with one attached hydrogen (secondary N) is 1. The summed E-state index contributed by atoms with van der Waals surface area (Å²) in [6, 6.07) is 7.26. The molecule has 23 heavy (non-hydrogen) atoms. The van der Waals surface area contributed by atoms with Crippen molar-refractivity contribution in [2.75, 3.05) is 32.6 Å². The molecule has 0 spiro atoms. The fraction of sp³-hybridized carbons (Fsp3) is 0.500. The molecule has 126 valence electrons. The van der Waals surface area contributed by atoms with Crippen molar-refractivity contribution < 1.29 is 14.6 Å². The van der Waals surface area contributed by atoms with Crippen molar-refractivity contribution in [3.05, 3.63) is 36.4 Å². The van der Waals surface area contributed by atoms with Crippen LogP contribution in [0.4, 0.5) is 5.69 Å². The number of allylic oxidation sites excluding steroid dienone is 2. The fourth-order valence-corrected chi connectivity index (χ4v) is 2.58. The molecule has 0 saturated heterocycles. The highest BCUT2D eigenvalue weighted by molar-refractivity contribution is 5.92. The number of nitrogens with zero attached hydrogens (tertiary/aromatic N) is 1. The predicted octanol–water partition coefficient (Wildman–Crippen LogP) is 2.28. The normalized spacial score (nSPS) is 18.7. The lowest BCUT2D eigenvalue weighted by atomic mass is 9.93. The maximum Gasteiger partial charge on any atom is 0.227 e. The number of aliphatic hydroxyl groups is 1. The number of ether oxygens (including phenoxy) is 1. The highest BCUT2D eigenvalue weighted by Crippen LogP contribution is 2.21. The summed E-state index contributed by atoms with van der Waals surface area (Å²) in [6.07, 6.45) is 6.37. The first-order chi connectivity index (χ1) is 11.0. The van der Waals surface area contributed by atoms with Gasteiger partial charge in [0.05, 0.1) is 0 Å². The van der Waals surface area contributed by atoms with E-state index in [1.807, 2.05) is 31.1 Å². The maximum atomic E-state index is 12.2. The summed E-state index contributed by atoms with van der Waals surface area (Å²) in [5.74, 6) is 0.822. The van der Waals surface area contributed by atoms with E-state index in [2.05, 4.69) is 17.5 Å². The highest BCUT2D eigenvalue weighted by Gasteiger charge is 2.18. The molecule has 0 saturated carbocycles. The summed E-state index contributed by atoms with van der Waals surface area (Å²) < 4.78 is 5.55. The Balaban J connectivity index is 1.80. The summed E-state index contributed by atoms with van der Waals surface area (Å²) >= 11 is 0. The molecule has 2 N–H and O–H groups in total. The molecule has 1 aliphatic carbocycles. The monoisotopic (exact) mass is 318 g/mol. The van der Waals surface area contributed by atoms with Crippen LogP contribution in [0.1, 0.15) is 19.3 Å². The number of anilines is 1. The number of hydrogen-bond acceptors (Lipinski definition) is 4. The topological polar surface area (TPSA) is 61.8 Å². The van der Waals surface area contributed by atoms with E-state index in [0.29, 0.717) is 12.3 Å². The zero-order valence-corrected chi connectivity index (χ0v) is 13.9. The lowest BCUT2D eigenvalue weighted by Crippen LogP contribution is -2.30. The van der Waals surface area contributed by atoms with Gasteiger partial charge in [0, 0.05) is 18.2 Å². The van der Waals surface area contributed by atoms with E-state index < -0.39 is 6.10 Å². The van der Waals surface area contributed by atoms with E-state index in [1.165, 1.54) is 0 Å². The SMILES string of the molecule is CN(C)C[C@@H](O)COc1ccc(NC(=O)[C@@H]2CC=CCC2)cc1. The molecular weight excluding hydrogens is 292 g/mol. The molecule has 1 amide bonds. The number of aliphatic hydroxyl groups excluding tert-OH is 1. The van der Waals surface area contributed by atoms with Gasteiger partial charge in [-0.2, -0.15) is 0 Å². The molecule has 0 radical (unpaired) electrons. The number of benzene rings is 1. The molecule has 0 aromatic heterocycles. The van der Waals surface area contributed by atoms with Gasteiger partial charge in [-0.15, -0.1) is 0 Å². The van der Waals surface area contributed by atoms with Gasteiger partial charge in [0.2, 0.25) is 5.91 Å². The van der Waals surface area contributed by atoms with Gasteiger partial charge >= 0.3 is 0 Å². The van der Waals surface area contributed by atoms with Crippen LogP contribution in [0, 0.1) is 5.92 Å².